The highest BCUT2D eigenvalue weighted by atomic mass is 16.6. The van der Waals surface area contributed by atoms with Crippen LogP contribution in [0.15, 0.2) is 54.6 Å². The van der Waals surface area contributed by atoms with E-state index in [0.717, 1.165) is 11.7 Å². The Labute approximate surface area is 165 Å². The summed E-state index contributed by atoms with van der Waals surface area (Å²) in [5, 5.41) is 27.9. The average Bonchev–Trinajstić information content (AvgIpc) is 2.53. The fourth-order valence-electron chi connectivity index (χ4n) is 1.45. The number of aryl methyl sites for hydroxylation is 1. The van der Waals surface area contributed by atoms with Crippen LogP contribution in [0.1, 0.15) is 31.9 Å². The van der Waals surface area contributed by atoms with Crippen LogP contribution in [0.4, 0.5) is 9.59 Å². The number of rotatable bonds is 3. The Balaban J connectivity index is -0.000000401. The monoisotopic (exact) mass is 397 g/mol. The molecule has 0 saturated carbocycles. The third kappa shape index (κ3) is 25.0. The van der Waals surface area contributed by atoms with Crippen LogP contribution in [-0.4, -0.2) is 32.7 Å². The third-order valence-electron chi connectivity index (χ3n) is 2.33. The minimum Gasteiger partial charge on any atom is -0.489 e. The number of para-hydroxylation sites is 1. The Morgan fingerprint density at radius 1 is 0.821 bits per heavy atom. The molecule has 0 radical (unpaired) electrons. The molecule has 0 spiro atoms. The Morgan fingerprint density at radius 2 is 1.18 bits per heavy atom. The van der Waals surface area contributed by atoms with E-state index in [1.54, 1.807) is 0 Å². The maximum Gasteiger partial charge on any atom is 0.503 e. The second-order valence-corrected chi connectivity index (χ2v) is 5.84. The predicted molar refractivity (Wildman–Crippen MR) is 109 cm³/mol. The van der Waals surface area contributed by atoms with Gasteiger partial charge in [-0.25, -0.2) is 9.59 Å². The maximum absolute atomic E-state index is 8.56. The Morgan fingerprint density at radius 3 is 1.57 bits per heavy atom. The van der Waals surface area contributed by atoms with Gasteiger partial charge in [-0.2, -0.15) is 0 Å². The first kappa shape index (κ1) is 29.5. The topological polar surface area (TPSA) is 159 Å². The maximum atomic E-state index is 8.56. The summed E-state index contributed by atoms with van der Waals surface area (Å²) in [5.74, 6) is 1.79. The molecular weight excluding hydrogens is 366 g/mol. The quantitative estimate of drug-likeness (QED) is 0.431. The van der Waals surface area contributed by atoms with E-state index in [1.165, 1.54) is 11.1 Å². The van der Waals surface area contributed by atoms with Crippen LogP contribution < -0.4 is 10.9 Å². The molecule has 2 rings (SSSR count). The molecule has 2 aromatic carbocycles. The van der Waals surface area contributed by atoms with Crippen LogP contribution in [0.25, 0.3) is 0 Å². The van der Waals surface area contributed by atoms with Crippen LogP contribution >= 0.6 is 0 Å². The van der Waals surface area contributed by atoms with Crippen molar-refractivity contribution in [3.8, 4) is 5.75 Å². The molecule has 0 bridgehead atoms. The first-order valence-corrected chi connectivity index (χ1v) is 8.12. The molecular formula is C20H31NO7. The van der Waals surface area contributed by atoms with Gasteiger partial charge in [-0.1, -0.05) is 69.3 Å². The zero-order valence-corrected chi connectivity index (χ0v) is 16.7. The first-order valence-electron chi connectivity index (χ1n) is 8.12. The molecule has 2 aromatic rings. The van der Waals surface area contributed by atoms with Gasteiger partial charge in [-0.15, -0.1) is 0 Å². The summed E-state index contributed by atoms with van der Waals surface area (Å²) in [5.41, 5.74) is 2.37. The van der Waals surface area contributed by atoms with E-state index < -0.39 is 12.3 Å². The van der Waals surface area contributed by atoms with Gasteiger partial charge in [-0.05, 0) is 30.0 Å². The number of hydrogen-bond donors (Lipinski definition) is 5. The lowest BCUT2D eigenvalue weighted by molar-refractivity contribution is 0.135. The summed E-state index contributed by atoms with van der Waals surface area (Å²) in [6.07, 6.45) is -3.67. The molecule has 158 valence electrons. The van der Waals surface area contributed by atoms with Gasteiger partial charge in [0.1, 0.15) is 12.4 Å². The molecule has 0 fully saturated rings. The van der Waals surface area contributed by atoms with Crippen molar-refractivity contribution < 1.29 is 34.8 Å². The largest absolute Gasteiger partial charge is 0.503 e. The molecule has 7 N–H and O–H groups in total. The van der Waals surface area contributed by atoms with Crippen molar-refractivity contribution in [2.24, 2.45) is 5.92 Å². The minimum atomic E-state index is -1.83. The fraction of sp³-hybridized carbons (Fsp3) is 0.300. The van der Waals surface area contributed by atoms with Crippen molar-refractivity contribution in [2.45, 2.75) is 34.3 Å². The number of carboxylic acid groups (broad SMARTS) is 4. The Kier molecular flexibility index (Phi) is 19.5. The van der Waals surface area contributed by atoms with Crippen LogP contribution in [0.2, 0.25) is 0 Å². The second-order valence-electron chi connectivity index (χ2n) is 5.84. The minimum absolute atomic E-state index is 0. The van der Waals surface area contributed by atoms with Crippen molar-refractivity contribution in [1.29, 1.82) is 0 Å². The molecule has 28 heavy (non-hydrogen) atoms. The van der Waals surface area contributed by atoms with Gasteiger partial charge in [0.2, 0.25) is 0 Å². The van der Waals surface area contributed by atoms with Crippen LogP contribution in [0.5, 0.6) is 5.75 Å². The van der Waals surface area contributed by atoms with Gasteiger partial charge in [0.25, 0.3) is 0 Å². The van der Waals surface area contributed by atoms with E-state index in [1.807, 2.05) is 36.4 Å². The zero-order chi connectivity index (χ0) is 21.2. The molecule has 0 heterocycles. The summed E-state index contributed by atoms with van der Waals surface area (Å²) in [6, 6.07) is 18.3. The van der Waals surface area contributed by atoms with Crippen molar-refractivity contribution in [3.63, 3.8) is 0 Å². The lowest BCUT2D eigenvalue weighted by Gasteiger charge is -2.08. The molecule has 0 aliphatic carbocycles. The molecule has 8 heteroatoms. The SMILES string of the molecule is CC(C)C.Cc1ccccc1OCc1ccccc1.N.O=C(O)O.O=C(O)O. The Hall–Kier alpha value is -3.26. The highest BCUT2D eigenvalue weighted by molar-refractivity contribution is 5.53. The molecule has 0 unspecified atom stereocenters. The molecule has 0 atom stereocenters. The lowest BCUT2D eigenvalue weighted by atomic mass is 10.2. The van der Waals surface area contributed by atoms with Gasteiger partial charge in [0.15, 0.2) is 0 Å². The first-order chi connectivity index (χ1) is 12.6. The number of hydrogen-bond acceptors (Lipinski definition) is 4. The summed E-state index contributed by atoms with van der Waals surface area (Å²) in [4.78, 5) is 17.1. The number of carbonyl (C=O) groups is 2. The van der Waals surface area contributed by atoms with Crippen molar-refractivity contribution in [3.05, 3.63) is 65.7 Å². The molecule has 0 aromatic heterocycles. The molecule has 8 nitrogen and oxygen atoms in total. The van der Waals surface area contributed by atoms with E-state index in [2.05, 4.69) is 45.9 Å². The lowest BCUT2D eigenvalue weighted by Crippen LogP contribution is -1.96. The van der Waals surface area contributed by atoms with Crippen molar-refractivity contribution >= 4 is 12.3 Å². The van der Waals surface area contributed by atoms with Gasteiger partial charge in [-0.3, -0.25) is 0 Å². The van der Waals surface area contributed by atoms with E-state index in [-0.39, 0.29) is 6.15 Å². The average molecular weight is 397 g/mol. The molecule has 0 aliphatic rings. The van der Waals surface area contributed by atoms with E-state index in [4.69, 9.17) is 34.8 Å². The van der Waals surface area contributed by atoms with Crippen molar-refractivity contribution in [1.82, 2.24) is 6.15 Å². The van der Waals surface area contributed by atoms with E-state index in [0.29, 0.717) is 6.61 Å². The molecule has 0 saturated heterocycles. The van der Waals surface area contributed by atoms with Crippen LogP contribution in [0.3, 0.4) is 0 Å². The summed E-state index contributed by atoms with van der Waals surface area (Å²) < 4.78 is 5.72. The molecule has 0 aliphatic heterocycles. The van der Waals surface area contributed by atoms with Gasteiger partial charge >= 0.3 is 12.3 Å². The summed E-state index contributed by atoms with van der Waals surface area (Å²) in [7, 11) is 0. The zero-order valence-electron chi connectivity index (χ0n) is 16.7. The second kappa shape index (κ2) is 18.5. The van der Waals surface area contributed by atoms with Crippen molar-refractivity contribution in [2.75, 3.05) is 0 Å². The highest BCUT2D eigenvalue weighted by Crippen LogP contribution is 2.17. The van der Waals surface area contributed by atoms with E-state index in [9.17, 15) is 0 Å². The predicted octanol–water partition coefficient (Wildman–Crippen LogP) is 5.84. The fourth-order valence-corrected chi connectivity index (χ4v) is 1.45. The molecule has 0 amide bonds. The smallest absolute Gasteiger partial charge is 0.489 e. The van der Waals surface area contributed by atoms with Crippen LogP contribution in [0, 0.1) is 12.8 Å². The van der Waals surface area contributed by atoms with Gasteiger partial charge in [0.05, 0.1) is 0 Å². The van der Waals surface area contributed by atoms with E-state index >= 15 is 0 Å². The number of ether oxygens (including phenoxy) is 1. The standard InChI is InChI=1S/C14H14O.C4H10.2CH2O3.H3N/c1-12-7-5-6-10-14(12)15-11-13-8-3-2-4-9-13;1-4(2)3;2*2-1(3)4;/h2-10H,11H2,1H3;4H,1-3H3;2*(H2,2,3,4);1H3. The van der Waals surface area contributed by atoms with Gasteiger partial charge in [0, 0.05) is 0 Å². The summed E-state index contributed by atoms with van der Waals surface area (Å²) in [6.45, 7) is 9.19. The number of benzene rings is 2. The van der Waals surface area contributed by atoms with Crippen LogP contribution in [-0.2, 0) is 6.61 Å². The Bertz CT molecular complexity index is 623. The highest BCUT2D eigenvalue weighted by Gasteiger charge is 1.97. The third-order valence-corrected chi connectivity index (χ3v) is 2.33. The summed E-state index contributed by atoms with van der Waals surface area (Å²) >= 11 is 0. The van der Waals surface area contributed by atoms with Gasteiger partial charge < -0.3 is 31.3 Å². The normalized spacial score (nSPS) is 8.32.